The molecule has 1 aromatic carbocycles. The van der Waals surface area contributed by atoms with Crippen LogP contribution in [0.4, 0.5) is 0 Å². The average Bonchev–Trinajstić information content (AvgIpc) is 2.59. The lowest BCUT2D eigenvalue weighted by atomic mass is 9.82. The number of hydrogen-bond acceptors (Lipinski definition) is 5. The number of allylic oxidation sites excluding steroid dienone is 1. The van der Waals surface area contributed by atoms with Crippen molar-refractivity contribution in [2.45, 2.75) is 71.5 Å². The molecule has 0 bridgehead atoms. The Morgan fingerprint density at radius 2 is 2.07 bits per heavy atom. The molecule has 29 heavy (non-hydrogen) atoms. The molecule has 0 saturated carbocycles. The van der Waals surface area contributed by atoms with E-state index >= 15 is 0 Å². The summed E-state index contributed by atoms with van der Waals surface area (Å²) in [6.45, 7) is 15.3. The molecular weight excluding hydrogens is 368 g/mol. The van der Waals surface area contributed by atoms with Crippen LogP contribution in [0.25, 0.3) is 11.0 Å². The Bertz CT molecular complexity index is 1010. The highest BCUT2D eigenvalue weighted by Gasteiger charge is 2.43. The molecule has 0 saturated heterocycles. The average molecular weight is 398 g/mol. The van der Waals surface area contributed by atoms with Crippen LogP contribution in [-0.4, -0.2) is 17.7 Å². The first kappa shape index (κ1) is 21.2. The van der Waals surface area contributed by atoms with Crippen LogP contribution in [0.5, 0.6) is 5.75 Å². The molecule has 0 spiro atoms. The lowest BCUT2D eigenvalue weighted by molar-refractivity contribution is -0.161. The third-order valence-corrected chi connectivity index (χ3v) is 5.67. The molecule has 5 nitrogen and oxygen atoms in total. The SMILES string of the molecule is C=CC(C)(C)c1cc2cc3c(cc2oc1=O)OC(C)(CC(C)C)C(OC(C)=O)C3. The first-order chi connectivity index (χ1) is 13.4. The van der Waals surface area contributed by atoms with Crippen LogP contribution < -0.4 is 10.4 Å². The lowest BCUT2D eigenvalue weighted by Crippen LogP contribution is -2.51. The third-order valence-electron chi connectivity index (χ3n) is 5.67. The van der Waals surface area contributed by atoms with Crippen LogP contribution in [0.2, 0.25) is 0 Å². The van der Waals surface area contributed by atoms with E-state index in [2.05, 4.69) is 20.4 Å². The Morgan fingerprint density at radius 3 is 2.66 bits per heavy atom. The highest BCUT2D eigenvalue weighted by atomic mass is 16.6. The zero-order valence-corrected chi connectivity index (χ0v) is 18.1. The fraction of sp³-hybridized carbons (Fsp3) is 0.500. The number of esters is 1. The van der Waals surface area contributed by atoms with Crippen molar-refractivity contribution in [3.63, 3.8) is 0 Å². The summed E-state index contributed by atoms with van der Waals surface area (Å²) in [6, 6.07) is 5.59. The predicted octanol–water partition coefficient (Wildman–Crippen LogP) is 4.93. The minimum Gasteiger partial charge on any atom is -0.483 e. The van der Waals surface area contributed by atoms with Crippen molar-refractivity contribution in [2.75, 3.05) is 0 Å². The molecule has 3 rings (SSSR count). The number of carbonyl (C=O) groups is 1. The number of rotatable bonds is 5. The molecule has 5 heteroatoms. The monoisotopic (exact) mass is 398 g/mol. The lowest BCUT2D eigenvalue weighted by Gasteiger charge is -2.42. The van der Waals surface area contributed by atoms with Gasteiger partial charge in [-0.15, -0.1) is 6.58 Å². The van der Waals surface area contributed by atoms with Crippen LogP contribution in [0, 0.1) is 5.92 Å². The number of ether oxygens (including phenoxy) is 2. The smallest absolute Gasteiger partial charge is 0.340 e. The summed E-state index contributed by atoms with van der Waals surface area (Å²) in [4.78, 5) is 24.2. The Kier molecular flexibility index (Phi) is 5.37. The molecule has 2 aromatic rings. The van der Waals surface area contributed by atoms with E-state index in [-0.39, 0.29) is 17.7 Å². The normalized spacial score (nSPS) is 21.6. The Labute approximate surface area is 171 Å². The number of fused-ring (bicyclic) bond motifs is 2. The predicted molar refractivity (Wildman–Crippen MR) is 113 cm³/mol. The van der Waals surface area contributed by atoms with Crippen molar-refractivity contribution >= 4 is 16.9 Å². The maximum Gasteiger partial charge on any atom is 0.340 e. The van der Waals surface area contributed by atoms with Crippen LogP contribution >= 0.6 is 0 Å². The van der Waals surface area contributed by atoms with Crippen molar-refractivity contribution in [1.29, 1.82) is 0 Å². The molecule has 156 valence electrons. The summed E-state index contributed by atoms with van der Waals surface area (Å²) >= 11 is 0. The van der Waals surface area contributed by atoms with Crippen LogP contribution in [0.15, 0.2) is 40.1 Å². The molecular formula is C24H30O5. The quantitative estimate of drug-likeness (QED) is 0.406. The molecule has 0 fully saturated rings. The van der Waals surface area contributed by atoms with Crippen LogP contribution in [0.3, 0.4) is 0 Å². The number of hydrogen-bond donors (Lipinski definition) is 0. The van der Waals surface area contributed by atoms with Crippen molar-refractivity contribution in [1.82, 2.24) is 0 Å². The van der Waals surface area contributed by atoms with Gasteiger partial charge in [0.15, 0.2) is 0 Å². The van der Waals surface area contributed by atoms with Gasteiger partial charge in [0.05, 0.1) is 0 Å². The third kappa shape index (κ3) is 4.09. The Hall–Kier alpha value is -2.56. The van der Waals surface area contributed by atoms with E-state index in [1.807, 2.05) is 32.9 Å². The van der Waals surface area contributed by atoms with Gasteiger partial charge in [0.1, 0.15) is 23.0 Å². The van der Waals surface area contributed by atoms with Gasteiger partial charge in [-0.3, -0.25) is 4.79 Å². The van der Waals surface area contributed by atoms with Gasteiger partial charge in [-0.05, 0) is 37.0 Å². The Morgan fingerprint density at radius 1 is 1.38 bits per heavy atom. The van der Waals surface area contributed by atoms with Gasteiger partial charge in [-0.25, -0.2) is 4.79 Å². The first-order valence-electron chi connectivity index (χ1n) is 10.1. The molecule has 0 N–H and O–H groups in total. The second-order valence-corrected chi connectivity index (χ2v) is 9.19. The standard InChI is InChI=1S/C24H30O5/c1-8-23(5,6)18-10-16-9-17-11-21(27-15(4)25)24(7,13-14(2)3)29-20(17)12-19(16)28-22(18)26/h8-10,12,14,21H,1,11,13H2,2-7H3. The van der Waals surface area contributed by atoms with Gasteiger partial charge in [0, 0.05) is 35.8 Å². The van der Waals surface area contributed by atoms with E-state index in [0.717, 1.165) is 17.4 Å². The summed E-state index contributed by atoms with van der Waals surface area (Å²) in [6.07, 6.45) is 2.64. The van der Waals surface area contributed by atoms with Gasteiger partial charge >= 0.3 is 11.6 Å². The topological polar surface area (TPSA) is 65.7 Å². The van der Waals surface area contributed by atoms with Gasteiger partial charge in [0.25, 0.3) is 0 Å². The zero-order valence-electron chi connectivity index (χ0n) is 18.1. The summed E-state index contributed by atoms with van der Waals surface area (Å²) < 4.78 is 17.6. The molecule has 0 radical (unpaired) electrons. The highest BCUT2D eigenvalue weighted by Crippen LogP contribution is 2.40. The summed E-state index contributed by atoms with van der Waals surface area (Å²) in [5, 5.41) is 0.811. The van der Waals surface area contributed by atoms with E-state index in [1.54, 1.807) is 12.1 Å². The fourth-order valence-corrected chi connectivity index (χ4v) is 4.09. The minimum atomic E-state index is -0.647. The van der Waals surface area contributed by atoms with E-state index in [4.69, 9.17) is 13.9 Å². The van der Waals surface area contributed by atoms with Crippen molar-refractivity contribution in [3.05, 3.63) is 52.4 Å². The summed E-state index contributed by atoms with van der Waals surface area (Å²) in [7, 11) is 0. The van der Waals surface area contributed by atoms with Crippen LogP contribution in [-0.2, 0) is 21.4 Å². The zero-order chi connectivity index (χ0) is 21.6. The fourth-order valence-electron chi connectivity index (χ4n) is 4.09. The molecule has 2 heterocycles. The van der Waals surface area contributed by atoms with E-state index in [1.165, 1.54) is 6.92 Å². The number of carbonyl (C=O) groups excluding carboxylic acids is 1. The second-order valence-electron chi connectivity index (χ2n) is 9.19. The van der Waals surface area contributed by atoms with Crippen molar-refractivity contribution in [2.24, 2.45) is 5.92 Å². The van der Waals surface area contributed by atoms with E-state index < -0.39 is 11.0 Å². The molecule has 2 atom stereocenters. The maximum absolute atomic E-state index is 12.5. The van der Waals surface area contributed by atoms with Gasteiger partial charge in [0.2, 0.25) is 0 Å². The molecule has 0 amide bonds. The molecule has 0 aliphatic carbocycles. The van der Waals surface area contributed by atoms with Crippen molar-refractivity contribution < 1.29 is 18.7 Å². The first-order valence-corrected chi connectivity index (χ1v) is 10.1. The highest BCUT2D eigenvalue weighted by molar-refractivity contribution is 5.80. The molecule has 1 aromatic heterocycles. The Balaban J connectivity index is 2.12. The minimum absolute atomic E-state index is 0.321. The second kappa shape index (κ2) is 7.36. The summed E-state index contributed by atoms with van der Waals surface area (Å²) in [5.41, 5.74) is 0.443. The van der Waals surface area contributed by atoms with Gasteiger partial charge < -0.3 is 13.9 Å². The molecule has 2 unspecified atom stereocenters. The van der Waals surface area contributed by atoms with Crippen molar-refractivity contribution in [3.8, 4) is 5.75 Å². The van der Waals surface area contributed by atoms with E-state index in [0.29, 0.717) is 29.2 Å². The van der Waals surface area contributed by atoms with Gasteiger partial charge in [-0.1, -0.05) is 33.8 Å². The number of benzene rings is 1. The molecule has 1 aliphatic heterocycles. The maximum atomic E-state index is 12.5. The van der Waals surface area contributed by atoms with Crippen LogP contribution in [0.1, 0.15) is 59.1 Å². The molecule has 1 aliphatic rings. The van der Waals surface area contributed by atoms with Gasteiger partial charge in [-0.2, -0.15) is 0 Å². The summed E-state index contributed by atoms with van der Waals surface area (Å²) in [5.74, 6) is 0.712. The van der Waals surface area contributed by atoms with E-state index in [9.17, 15) is 9.59 Å². The largest absolute Gasteiger partial charge is 0.483 e.